The molecule has 0 N–H and O–H groups in total. The molecule has 1 unspecified atom stereocenters. The number of likely N-dealkylation sites (tertiary alicyclic amines) is 1. The molecule has 6 heteroatoms. The van der Waals surface area contributed by atoms with E-state index in [1.165, 1.54) is 0 Å². The van der Waals surface area contributed by atoms with Crippen molar-refractivity contribution in [2.75, 3.05) is 6.54 Å². The summed E-state index contributed by atoms with van der Waals surface area (Å²) in [6.45, 7) is 6.90. The van der Waals surface area contributed by atoms with Crippen LogP contribution in [-0.4, -0.2) is 27.5 Å². The molecule has 0 aliphatic carbocycles. The molecule has 1 aliphatic heterocycles. The normalized spacial score (nSPS) is 19.0. The van der Waals surface area contributed by atoms with Crippen molar-refractivity contribution in [2.45, 2.75) is 70.8 Å². The minimum atomic E-state index is -0.152. The van der Waals surface area contributed by atoms with Crippen molar-refractivity contribution >= 4 is 5.91 Å². The minimum absolute atomic E-state index is 0.0396. The number of carbonyl (C=O) groups is 1. The molecule has 1 atom stereocenters. The first-order valence-corrected chi connectivity index (χ1v) is 9.11. The average molecular weight is 345 g/mol. The van der Waals surface area contributed by atoms with E-state index in [2.05, 4.69) is 10.1 Å². The van der Waals surface area contributed by atoms with Crippen LogP contribution in [0.15, 0.2) is 27.3 Å². The Morgan fingerprint density at radius 2 is 2.16 bits per heavy atom. The van der Waals surface area contributed by atoms with E-state index in [9.17, 15) is 4.79 Å². The van der Waals surface area contributed by atoms with Gasteiger partial charge in [-0.1, -0.05) is 38.8 Å². The van der Waals surface area contributed by atoms with Gasteiger partial charge in [-0.2, -0.15) is 4.98 Å². The lowest BCUT2D eigenvalue weighted by atomic mass is 9.96. The molecule has 6 nitrogen and oxygen atoms in total. The summed E-state index contributed by atoms with van der Waals surface area (Å²) in [7, 11) is 0. The number of furan rings is 1. The number of aromatic nitrogens is 2. The molecule has 0 saturated carbocycles. The van der Waals surface area contributed by atoms with Crippen molar-refractivity contribution in [3.05, 3.63) is 35.9 Å². The zero-order valence-electron chi connectivity index (χ0n) is 15.3. The van der Waals surface area contributed by atoms with Crippen molar-refractivity contribution in [2.24, 2.45) is 0 Å². The molecule has 3 heterocycles. The number of hydrogen-bond donors (Lipinski definition) is 0. The maximum atomic E-state index is 12.8. The van der Waals surface area contributed by atoms with Gasteiger partial charge in [-0.25, -0.2) is 0 Å². The van der Waals surface area contributed by atoms with E-state index in [1.54, 1.807) is 6.26 Å². The maximum absolute atomic E-state index is 12.8. The molecule has 2 aromatic rings. The second-order valence-corrected chi connectivity index (χ2v) is 7.73. The molecule has 136 valence electrons. The third kappa shape index (κ3) is 4.30. The highest BCUT2D eigenvalue weighted by molar-refractivity contribution is 5.76. The molecule has 0 radical (unpaired) electrons. The van der Waals surface area contributed by atoms with Crippen LogP contribution in [0.2, 0.25) is 0 Å². The fourth-order valence-electron chi connectivity index (χ4n) is 3.20. The molecular weight excluding hydrogens is 318 g/mol. The summed E-state index contributed by atoms with van der Waals surface area (Å²) in [6.07, 6.45) is 6.79. The number of carbonyl (C=O) groups excluding carboxylic acids is 1. The van der Waals surface area contributed by atoms with Crippen molar-refractivity contribution in [1.82, 2.24) is 15.0 Å². The largest absolute Gasteiger partial charge is 0.467 e. The van der Waals surface area contributed by atoms with Gasteiger partial charge in [0.15, 0.2) is 5.82 Å². The first-order valence-electron chi connectivity index (χ1n) is 9.11. The zero-order chi connectivity index (χ0) is 17.9. The van der Waals surface area contributed by atoms with Crippen LogP contribution in [0.1, 0.15) is 76.4 Å². The van der Waals surface area contributed by atoms with Gasteiger partial charge in [0.05, 0.1) is 12.3 Å². The lowest BCUT2D eigenvalue weighted by molar-refractivity contribution is -0.134. The summed E-state index contributed by atoms with van der Waals surface area (Å²) < 4.78 is 10.9. The van der Waals surface area contributed by atoms with Crippen LogP contribution in [0.5, 0.6) is 0 Å². The Hall–Kier alpha value is -2.11. The maximum Gasteiger partial charge on any atom is 0.227 e. The van der Waals surface area contributed by atoms with Crippen LogP contribution in [0.25, 0.3) is 0 Å². The van der Waals surface area contributed by atoms with Gasteiger partial charge >= 0.3 is 0 Å². The Morgan fingerprint density at radius 1 is 1.32 bits per heavy atom. The van der Waals surface area contributed by atoms with E-state index < -0.39 is 0 Å². The predicted octanol–water partition coefficient (Wildman–Crippen LogP) is 4.04. The Morgan fingerprint density at radius 3 is 2.84 bits per heavy atom. The Kier molecular flexibility index (Phi) is 5.25. The predicted molar refractivity (Wildman–Crippen MR) is 92.9 cm³/mol. The second kappa shape index (κ2) is 7.42. The lowest BCUT2D eigenvalue weighted by Crippen LogP contribution is -2.34. The van der Waals surface area contributed by atoms with Gasteiger partial charge in [-0.3, -0.25) is 4.79 Å². The van der Waals surface area contributed by atoms with E-state index in [0.29, 0.717) is 24.6 Å². The molecule has 0 spiro atoms. The van der Waals surface area contributed by atoms with Crippen LogP contribution in [-0.2, 0) is 16.6 Å². The first kappa shape index (κ1) is 17.7. The van der Waals surface area contributed by atoms with E-state index in [0.717, 1.165) is 38.0 Å². The second-order valence-electron chi connectivity index (χ2n) is 7.73. The van der Waals surface area contributed by atoms with Gasteiger partial charge in [0, 0.05) is 24.8 Å². The number of rotatable bonds is 4. The van der Waals surface area contributed by atoms with Crippen LogP contribution >= 0.6 is 0 Å². The molecule has 1 aliphatic rings. The first-order chi connectivity index (χ1) is 11.9. The molecule has 1 amide bonds. The van der Waals surface area contributed by atoms with Crippen molar-refractivity contribution in [1.29, 1.82) is 0 Å². The molecule has 1 fully saturated rings. The highest BCUT2D eigenvalue weighted by Crippen LogP contribution is 2.31. The fraction of sp³-hybridized carbons (Fsp3) is 0.632. The van der Waals surface area contributed by atoms with Gasteiger partial charge in [-0.15, -0.1) is 0 Å². The van der Waals surface area contributed by atoms with Crippen LogP contribution < -0.4 is 0 Å². The standard InChI is InChI=1S/C19H27N3O3/c1-19(2,3)18-20-16(25-21-18)10-11-17(23)22-12-6-4-5-8-14(22)15-9-7-13-24-15/h7,9,13-14H,4-6,8,10-12H2,1-3H3. The van der Waals surface area contributed by atoms with Crippen LogP contribution in [0.4, 0.5) is 0 Å². The molecule has 25 heavy (non-hydrogen) atoms. The Balaban J connectivity index is 1.65. The summed E-state index contributed by atoms with van der Waals surface area (Å²) >= 11 is 0. The Labute approximate surface area is 148 Å². The Bertz CT molecular complexity index is 685. The lowest BCUT2D eigenvalue weighted by Gasteiger charge is -2.28. The van der Waals surface area contributed by atoms with Crippen LogP contribution in [0, 0.1) is 0 Å². The van der Waals surface area contributed by atoms with Gasteiger partial charge in [0.2, 0.25) is 11.8 Å². The number of hydrogen-bond acceptors (Lipinski definition) is 5. The van der Waals surface area contributed by atoms with E-state index in [-0.39, 0.29) is 17.4 Å². The summed E-state index contributed by atoms with van der Waals surface area (Å²) in [4.78, 5) is 19.2. The summed E-state index contributed by atoms with van der Waals surface area (Å²) in [6, 6.07) is 3.89. The molecule has 0 bridgehead atoms. The molecule has 1 saturated heterocycles. The minimum Gasteiger partial charge on any atom is -0.467 e. The highest BCUT2D eigenvalue weighted by atomic mass is 16.5. The van der Waals surface area contributed by atoms with Gasteiger partial charge in [-0.05, 0) is 25.0 Å². The molecule has 0 aromatic carbocycles. The third-order valence-corrected chi connectivity index (χ3v) is 4.64. The van der Waals surface area contributed by atoms with Gasteiger partial charge < -0.3 is 13.8 Å². The number of nitrogens with zero attached hydrogens (tertiary/aromatic N) is 3. The fourth-order valence-corrected chi connectivity index (χ4v) is 3.20. The monoisotopic (exact) mass is 345 g/mol. The SMILES string of the molecule is CC(C)(C)c1noc(CCC(=O)N2CCCCCC2c2ccco2)n1. The van der Waals surface area contributed by atoms with Gasteiger partial charge in [0.25, 0.3) is 0 Å². The van der Waals surface area contributed by atoms with Crippen molar-refractivity contribution in [3.63, 3.8) is 0 Å². The van der Waals surface area contributed by atoms with Crippen LogP contribution in [0.3, 0.4) is 0 Å². The molecule has 3 rings (SSSR count). The van der Waals surface area contributed by atoms with E-state index in [1.807, 2.05) is 37.8 Å². The smallest absolute Gasteiger partial charge is 0.227 e. The molecular formula is C19H27N3O3. The van der Waals surface area contributed by atoms with E-state index >= 15 is 0 Å². The summed E-state index contributed by atoms with van der Waals surface area (Å²) in [5.41, 5.74) is -0.152. The zero-order valence-corrected chi connectivity index (χ0v) is 15.3. The number of amides is 1. The van der Waals surface area contributed by atoms with Gasteiger partial charge in [0.1, 0.15) is 5.76 Å². The summed E-state index contributed by atoms with van der Waals surface area (Å²) in [5, 5.41) is 4.02. The molecule has 2 aromatic heterocycles. The van der Waals surface area contributed by atoms with Crippen molar-refractivity contribution in [3.8, 4) is 0 Å². The quantitative estimate of drug-likeness (QED) is 0.836. The average Bonchev–Trinajstić information content (AvgIpc) is 3.20. The van der Waals surface area contributed by atoms with E-state index in [4.69, 9.17) is 8.94 Å². The highest BCUT2D eigenvalue weighted by Gasteiger charge is 2.29. The topological polar surface area (TPSA) is 72.4 Å². The number of aryl methyl sites for hydroxylation is 1. The third-order valence-electron chi connectivity index (χ3n) is 4.64. The summed E-state index contributed by atoms with van der Waals surface area (Å²) in [5.74, 6) is 2.21. The van der Waals surface area contributed by atoms with Crippen molar-refractivity contribution < 1.29 is 13.7 Å².